The predicted molar refractivity (Wildman–Crippen MR) is 100 cm³/mol. The fourth-order valence-corrected chi connectivity index (χ4v) is 4.82. The van der Waals surface area contributed by atoms with Crippen molar-refractivity contribution >= 4 is 32.9 Å². The van der Waals surface area contributed by atoms with Gasteiger partial charge in [-0.3, -0.25) is 4.72 Å². The molecule has 1 aromatic carbocycles. The minimum absolute atomic E-state index is 0.0517. The van der Waals surface area contributed by atoms with Gasteiger partial charge in [0.1, 0.15) is 10.7 Å². The topological polar surface area (TPSA) is 62.3 Å². The number of sulfonamides is 1. The van der Waals surface area contributed by atoms with E-state index in [-0.39, 0.29) is 10.6 Å². The Hall–Kier alpha value is -2.52. The minimum Gasteiger partial charge on any atom is -0.352 e. The summed E-state index contributed by atoms with van der Waals surface area (Å²) in [7, 11) is -3.95. The summed E-state index contributed by atoms with van der Waals surface area (Å²) in [6, 6.07) is 8.01. The van der Waals surface area contributed by atoms with E-state index in [1.165, 1.54) is 22.7 Å². The van der Waals surface area contributed by atoms with E-state index in [4.69, 9.17) is 0 Å². The summed E-state index contributed by atoms with van der Waals surface area (Å²) in [5, 5.41) is 2.07. The smallest absolute Gasteiger partial charge is 0.263 e. The molecule has 0 bridgehead atoms. The third-order valence-electron chi connectivity index (χ3n) is 4.33. The van der Waals surface area contributed by atoms with Crippen LogP contribution in [-0.4, -0.2) is 19.9 Å². The number of anilines is 2. The molecule has 140 valence electrons. The van der Waals surface area contributed by atoms with Gasteiger partial charge < -0.3 is 4.90 Å². The highest BCUT2D eigenvalue weighted by molar-refractivity contribution is 7.92. The lowest BCUT2D eigenvalue weighted by Crippen LogP contribution is -2.30. The largest absolute Gasteiger partial charge is 0.352 e. The van der Waals surface area contributed by atoms with Gasteiger partial charge in [0.15, 0.2) is 11.6 Å². The van der Waals surface area contributed by atoms with Crippen LogP contribution in [0.5, 0.6) is 0 Å². The molecule has 0 saturated heterocycles. The summed E-state index contributed by atoms with van der Waals surface area (Å²) in [4.78, 5) is 7.69. The molecule has 1 aliphatic rings. The number of rotatable bonds is 4. The van der Waals surface area contributed by atoms with Crippen molar-refractivity contribution in [3.05, 3.63) is 70.1 Å². The first-order chi connectivity index (χ1) is 12.9. The summed E-state index contributed by atoms with van der Waals surface area (Å²) in [5.41, 5.74) is 1.21. The van der Waals surface area contributed by atoms with Crippen molar-refractivity contribution in [2.45, 2.75) is 17.9 Å². The first-order valence-electron chi connectivity index (χ1n) is 8.16. The van der Waals surface area contributed by atoms with Crippen LogP contribution in [0.3, 0.4) is 0 Å². The molecule has 5 nitrogen and oxygen atoms in total. The number of fused-ring (bicyclic) bond motifs is 1. The molecule has 0 atom stereocenters. The van der Waals surface area contributed by atoms with Crippen LogP contribution in [0.15, 0.2) is 52.9 Å². The minimum atomic E-state index is -3.95. The maximum absolute atomic E-state index is 13.3. The van der Waals surface area contributed by atoms with Crippen LogP contribution in [0.1, 0.15) is 10.4 Å². The Labute approximate surface area is 159 Å². The lowest BCUT2D eigenvalue weighted by Gasteiger charge is -2.28. The molecular weight excluding hydrogens is 392 g/mol. The summed E-state index contributed by atoms with van der Waals surface area (Å²) in [6.45, 7) is 1.56. The fourth-order valence-electron chi connectivity index (χ4n) is 2.94. The van der Waals surface area contributed by atoms with Gasteiger partial charge in [-0.15, -0.1) is 11.3 Å². The van der Waals surface area contributed by atoms with Crippen LogP contribution in [0.25, 0.3) is 0 Å². The van der Waals surface area contributed by atoms with Gasteiger partial charge in [-0.25, -0.2) is 22.2 Å². The lowest BCUT2D eigenvalue weighted by molar-refractivity contribution is 0.509. The number of nitrogens with one attached hydrogen (secondary N) is 1. The molecule has 1 aliphatic heterocycles. The molecule has 0 saturated carbocycles. The first-order valence-corrected chi connectivity index (χ1v) is 10.5. The van der Waals surface area contributed by atoms with Gasteiger partial charge in [-0.2, -0.15) is 0 Å². The number of hydrogen-bond donors (Lipinski definition) is 1. The monoisotopic (exact) mass is 407 g/mol. The third-order valence-corrected chi connectivity index (χ3v) is 6.72. The molecule has 0 amide bonds. The van der Waals surface area contributed by atoms with Crippen molar-refractivity contribution in [1.82, 2.24) is 4.98 Å². The Bertz CT molecular complexity index is 1080. The SMILES string of the molecule is O=S(=O)(Nc1ccc(F)c(F)c1)c1ccc(N2CCc3sccc3C2)nc1. The maximum Gasteiger partial charge on any atom is 0.263 e. The van der Waals surface area contributed by atoms with E-state index in [1.54, 1.807) is 17.4 Å². The standard InChI is InChI=1S/C18H15F2N3O2S2/c19-15-3-1-13(9-16(15)20)22-27(24,25)14-2-4-18(21-10-14)23-7-5-17-12(11-23)6-8-26-17/h1-4,6,8-10,22H,5,7,11H2. The molecule has 0 fully saturated rings. The van der Waals surface area contributed by atoms with E-state index in [0.717, 1.165) is 37.7 Å². The number of aromatic nitrogens is 1. The first kappa shape index (κ1) is 17.9. The molecule has 4 rings (SSSR count). The van der Waals surface area contributed by atoms with Gasteiger partial charge in [0.05, 0.1) is 5.69 Å². The summed E-state index contributed by atoms with van der Waals surface area (Å²) >= 11 is 1.75. The Balaban J connectivity index is 1.52. The molecule has 9 heteroatoms. The Morgan fingerprint density at radius 1 is 1.11 bits per heavy atom. The second-order valence-electron chi connectivity index (χ2n) is 6.13. The summed E-state index contributed by atoms with van der Waals surface area (Å²) < 4.78 is 53.3. The molecule has 0 radical (unpaired) electrons. The zero-order valence-corrected chi connectivity index (χ0v) is 15.7. The van der Waals surface area contributed by atoms with Gasteiger partial charge in [0.2, 0.25) is 0 Å². The maximum atomic E-state index is 13.3. The van der Waals surface area contributed by atoms with Crippen LogP contribution < -0.4 is 9.62 Å². The van der Waals surface area contributed by atoms with E-state index >= 15 is 0 Å². The quantitative estimate of drug-likeness (QED) is 0.715. The highest BCUT2D eigenvalue weighted by Crippen LogP contribution is 2.27. The predicted octanol–water partition coefficient (Wildman–Crippen LogP) is 3.78. The number of benzene rings is 1. The molecule has 0 unspecified atom stereocenters. The van der Waals surface area contributed by atoms with Crippen LogP contribution in [0.2, 0.25) is 0 Å². The van der Waals surface area contributed by atoms with Crippen molar-refractivity contribution in [2.24, 2.45) is 0 Å². The van der Waals surface area contributed by atoms with Crippen molar-refractivity contribution in [3.63, 3.8) is 0 Å². The Morgan fingerprint density at radius 2 is 1.96 bits per heavy atom. The Morgan fingerprint density at radius 3 is 2.70 bits per heavy atom. The summed E-state index contributed by atoms with van der Waals surface area (Å²) in [5.74, 6) is -1.47. The fraction of sp³-hybridized carbons (Fsp3) is 0.167. The molecular formula is C18H15F2N3O2S2. The van der Waals surface area contributed by atoms with E-state index in [2.05, 4.69) is 26.1 Å². The van der Waals surface area contributed by atoms with Gasteiger partial charge in [0, 0.05) is 30.2 Å². The number of pyridine rings is 1. The van der Waals surface area contributed by atoms with Crippen LogP contribution >= 0.6 is 11.3 Å². The highest BCUT2D eigenvalue weighted by Gasteiger charge is 2.20. The molecule has 0 spiro atoms. The normalized spacial score (nSPS) is 14.1. The zero-order chi connectivity index (χ0) is 19.0. The Kier molecular flexibility index (Phi) is 4.56. The molecule has 3 aromatic rings. The second-order valence-corrected chi connectivity index (χ2v) is 8.81. The summed E-state index contributed by atoms with van der Waals surface area (Å²) in [6.07, 6.45) is 2.20. The molecule has 27 heavy (non-hydrogen) atoms. The second kappa shape index (κ2) is 6.90. The van der Waals surface area contributed by atoms with Gasteiger partial charge >= 0.3 is 0 Å². The van der Waals surface area contributed by atoms with E-state index in [1.807, 2.05) is 0 Å². The van der Waals surface area contributed by atoms with E-state index < -0.39 is 21.7 Å². The number of hydrogen-bond acceptors (Lipinski definition) is 5. The third kappa shape index (κ3) is 3.65. The molecule has 3 heterocycles. The van der Waals surface area contributed by atoms with Crippen molar-refractivity contribution < 1.29 is 17.2 Å². The lowest BCUT2D eigenvalue weighted by atomic mass is 10.1. The average Bonchev–Trinajstić information content (AvgIpc) is 3.12. The number of thiophene rings is 1. The molecule has 0 aliphatic carbocycles. The number of halogens is 2. The van der Waals surface area contributed by atoms with Crippen molar-refractivity contribution in [3.8, 4) is 0 Å². The van der Waals surface area contributed by atoms with Crippen molar-refractivity contribution in [1.29, 1.82) is 0 Å². The zero-order valence-electron chi connectivity index (χ0n) is 14.0. The van der Waals surface area contributed by atoms with Crippen LogP contribution in [0, 0.1) is 11.6 Å². The van der Waals surface area contributed by atoms with E-state index in [9.17, 15) is 17.2 Å². The molecule has 1 N–H and O–H groups in total. The van der Waals surface area contributed by atoms with E-state index in [0.29, 0.717) is 5.82 Å². The van der Waals surface area contributed by atoms with Crippen LogP contribution in [-0.2, 0) is 23.0 Å². The number of nitrogens with zero attached hydrogens (tertiary/aromatic N) is 2. The van der Waals surface area contributed by atoms with Gasteiger partial charge in [0.25, 0.3) is 10.0 Å². The van der Waals surface area contributed by atoms with Crippen molar-refractivity contribution in [2.75, 3.05) is 16.2 Å². The van der Waals surface area contributed by atoms with Gasteiger partial charge in [-0.05, 0) is 47.7 Å². The highest BCUT2D eigenvalue weighted by atomic mass is 32.2. The van der Waals surface area contributed by atoms with Crippen LogP contribution in [0.4, 0.5) is 20.3 Å². The van der Waals surface area contributed by atoms with Gasteiger partial charge in [-0.1, -0.05) is 0 Å². The molecule has 2 aromatic heterocycles. The average molecular weight is 407 g/mol.